The number of rotatable bonds is 1. The van der Waals surface area contributed by atoms with E-state index in [1.165, 1.54) is 23.7 Å². The zero-order chi connectivity index (χ0) is 21.3. The van der Waals surface area contributed by atoms with E-state index < -0.39 is 17.3 Å². The molecule has 0 unspecified atom stereocenters. The van der Waals surface area contributed by atoms with E-state index in [4.69, 9.17) is 0 Å². The Balaban J connectivity index is 0.00000117. The molecule has 0 N–H and O–H groups in total. The van der Waals surface area contributed by atoms with Crippen LogP contribution in [-0.2, 0) is 13.2 Å². The summed E-state index contributed by atoms with van der Waals surface area (Å²) in [4.78, 5) is 13.0. The van der Waals surface area contributed by atoms with Crippen molar-refractivity contribution in [1.29, 1.82) is 0 Å². The first-order valence-electron chi connectivity index (χ1n) is 9.48. The molecule has 0 amide bonds. The molecule has 4 rings (SSSR count). The Morgan fingerprint density at radius 2 is 1.38 bits per heavy atom. The van der Waals surface area contributed by atoms with Gasteiger partial charge in [-0.25, -0.2) is 0 Å². The lowest BCUT2D eigenvalue weighted by Crippen LogP contribution is -2.24. The van der Waals surface area contributed by atoms with Gasteiger partial charge in [0.15, 0.2) is 0 Å². The van der Waals surface area contributed by atoms with Crippen LogP contribution in [0.25, 0.3) is 32.8 Å². The summed E-state index contributed by atoms with van der Waals surface area (Å²) in [5.41, 5.74) is -0.337. The average Bonchev–Trinajstić information content (AvgIpc) is 2.71. The molecule has 0 saturated heterocycles. The number of halogens is 3. The minimum atomic E-state index is -4.66. The summed E-state index contributed by atoms with van der Waals surface area (Å²) >= 11 is 0. The molecule has 0 bridgehead atoms. The van der Waals surface area contributed by atoms with Gasteiger partial charge in [0.1, 0.15) is 0 Å². The Kier molecular flexibility index (Phi) is 5.51. The van der Waals surface area contributed by atoms with Gasteiger partial charge in [0.25, 0.3) is 5.56 Å². The lowest BCUT2D eigenvalue weighted by molar-refractivity contribution is -0.135. The number of hydrogen-bond acceptors (Lipinski definition) is 1. The molecule has 0 aliphatic rings. The van der Waals surface area contributed by atoms with Crippen molar-refractivity contribution >= 4 is 21.7 Å². The van der Waals surface area contributed by atoms with Gasteiger partial charge in [-0.2, -0.15) is 13.2 Å². The van der Waals surface area contributed by atoms with Gasteiger partial charge in [-0.1, -0.05) is 68.4 Å². The first-order valence-corrected chi connectivity index (χ1v) is 9.48. The second-order valence-corrected chi connectivity index (χ2v) is 6.60. The second kappa shape index (κ2) is 7.74. The Morgan fingerprint density at radius 1 is 0.793 bits per heavy atom. The van der Waals surface area contributed by atoms with Gasteiger partial charge < -0.3 is 4.57 Å². The van der Waals surface area contributed by atoms with E-state index in [0.717, 1.165) is 10.9 Å². The number of aryl methyl sites for hydroxylation is 2. The van der Waals surface area contributed by atoms with E-state index in [-0.39, 0.29) is 16.5 Å². The molecule has 4 aromatic rings. The molecule has 5 heteroatoms. The smallest absolute Gasteiger partial charge is 0.311 e. The lowest BCUT2D eigenvalue weighted by atomic mass is 9.92. The fraction of sp³-hybridized carbons (Fsp3) is 0.208. The van der Waals surface area contributed by atoms with Gasteiger partial charge in [0.05, 0.1) is 16.6 Å². The average molecular weight is 397 g/mol. The molecule has 1 heterocycles. The van der Waals surface area contributed by atoms with Crippen molar-refractivity contribution in [2.45, 2.75) is 26.9 Å². The van der Waals surface area contributed by atoms with Crippen molar-refractivity contribution in [2.24, 2.45) is 7.05 Å². The normalized spacial score (nSPS) is 11.4. The van der Waals surface area contributed by atoms with Crippen LogP contribution >= 0.6 is 0 Å². The van der Waals surface area contributed by atoms with Crippen LogP contribution in [0, 0.1) is 6.92 Å². The number of hydrogen-bond donors (Lipinski definition) is 0. The van der Waals surface area contributed by atoms with Crippen LogP contribution in [0.3, 0.4) is 0 Å². The summed E-state index contributed by atoms with van der Waals surface area (Å²) in [7, 11) is 1.50. The second-order valence-electron chi connectivity index (χ2n) is 6.60. The van der Waals surface area contributed by atoms with Gasteiger partial charge in [0, 0.05) is 12.4 Å². The van der Waals surface area contributed by atoms with Gasteiger partial charge in [-0.3, -0.25) is 4.79 Å². The number of alkyl halides is 3. The Labute approximate surface area is 167 Å². The highest BCUT2D eigenvalue weighted by atomic mass is 19.4. The van der Waals surface area contributed by atoms with Crippen LogP contribution < -0.4 is 5.56 Å². The Bertz CT molecular complexity index is 1250. The molecule has 0 fully saturated rings. The number of nitrogens with zero attached hydrogens (tertiary/aromatic N) is 1. The summed E-state index contributed by atoms with van der Waals surface area (Å²) < 4.78 is 43.6. The van der Waals surface area contributed by atoms with Crippen molar-refractivity contribution in [1.82, 2.24) is 4.57 Å². The molecular weight excluding hydrogens is 375 g/mol. The van der Waals surface area contributed by atoms with E-state index in [0.29, 0.717) is 10.9 Å². The third-order valence-corrected chi connectivity index (χ3v) is 5.00. The van der Waals surface area contributed by atoms with Crippen molar-refractivity contribution in [3.63, 3.8) is 0 Å². The fourth-order valence-electron chi connectivity index (χ4n) is 3.73. The third-order valence-electron chi connectivity index (χ3n) is 5.00. The summed E-state index contributed by atoms with van der Waals surface area (Å²) in [6.07, 6.45) is -4.66. The maximum absolute atomic E-state index is 14.1. The minimum Gasteiger partial charge on any atom is -0.311 e. The molecule has 0 aliphatic heterocycles. The SMILES string of the molecule is CC.Cc1cccc2c(-c3c(C(F)(F)F)c4ccccc4n(C)c3=O)cccc12. The number of pyridine rings is 1. The quantitative estimate of drug-likeness (QED) is 0.350. The van der Waals surface area contributed by atoms with Crippen molar-refractivity contribution < 1.29 is 13.2 Å². The highest BCUT2D eigenvalue weighted by Gasteiger charge is 2.38. The van der Waals surface area contributed by atoms with E-state index in [9.17, 15) is 18.0 Å². The number of benzene rings is 3. The van der Waals surface area contributed by atoms with Crippen LogP contribution in [0.15, 0.2) is 65.5 Å². The van der Waals surface area contributed by atoms with Gasteiger partial charge >= 0.3 is 6.18 Å². The van der Waals surface area contributed by atoms with E-state index in [1.54, 1.807) is 36.4 Å². The van der Waals surface area contributed by atoms with Crippen LogP contribution in [-0.4, -0.2) is 4.57 Å². The Morgan fingerprint density at radius 3 is 2.07 bits per heavy atom. The molecule has 150 valence electrons. The van der Waals surface area contributed by atoms with Crippen LogP contribution in [0.4, 0.5) is 13.2 Å². The summed E-state index contributed by atoms with van der Waals surface area (Å²) in [6.45, 7) is 5.90. The number of fused-ring (bicyclic) bond motifs is 2. The first kappa shape index (κ1) is 20.6. The predicted octanol–water partition coefficient (Wildman–Crippen LogP) is 6.71. The highest BCUT2D eigenvalue weighted by molar-refractivity contribution is 6.01. The van der Waals surface area contributed by atoms with E-state index in [1.807, 2.05) is 32.9 Å². The third kappa shape index (κ3) is 3.41. The predicted molar refractivity (Wildman–Crippen MR) is 113 cm³/mol. The molecule has 0 radical (unpaired) electrons. The van der Waals surface area contributed by atoms with E-state index in [2.05, 4.69) is 0 Å². The zero-order valence-corrected chi connectivity index (χ0v) is 16.8. The van der Waals surface area contributed by atoms with Crippen molar-refractivity contribution in [3.8, 4) is 11.1 Å². The molecular formula is C24H22F3NO. The van der Waals surface area contributed by atoms with Gasteiger partial charge in [-0.15, -0.1) is 0 Å². The van der Waals surface area contributed by atoms with Gasteiger partial charge in [0.2, 0.25) is 0 Å². The standard InChI is InChI=1S/C22H16F3NO.C2H6/c1-13-7-5-10-15-14(13)9-6-11-16(15)19-20(22(23,24)25)17-8-3-4-12-18(17)26(2)21(19)27;1-2/h3-12H,1-2H3;1-2H3. The summed E-state index contributed by atoms with van der Waals surface area (Å²) in [5.74, 6) is 0. The molecule has 0 atom stereocenters. The monoisotopic (exact) mass is 397 g/mol. The summed E-state index contributed by atoms with van der Waals surface area (Å²) in [5, 5.41) is 1.49. The topological polar surface area (TPSA) is 22.0 Å². The summed E-state index contributed by atoms with van der Waals surface area (Å²) in [6, 6.07) is 16.7. The zero-order valence-electron chi connectivity index (χ0n) is 16.8. The van der Waals surface area contributed by atoms with Crippen molar-refractivity contribution in [2.75, 3.05) is 0 Å². The molecule has 0 spiro atoms. The molecule has 2 nitrogen and oxygen atoms in total. The maximum Gasteiger partial charge on any atom is 0.417 e. The highest BCUT2D eigenvalue weighted by Crippen LogP contribution is 2.41. The van der Waals surface area contributed by atoms with E-state index >= 15 is 0 Å². The molecule has 29 heavy (non-hydrogen) atoms. The minimum absolute atomic E-state index is 0.0201. The fourth-order valence-corrected chi connectivity index (χ4v) is 3.73. The molecule has 1 aromatic heterocycles. The molecule has 3 aromatic carbocycles. The van der Waals surface area contributed by atoms with Crippen LogP contribution in [0.1, 0.15) is 25.0 Å². The van der Waals surface area contributed by atoms with Crippen LogP contribution in [0.5, 0.6) is 0 Å². The molecule has 0 aliphatic carbocycles. The molecule has 0 saturated carbocycles. The van der Waals surface area contributed by atoms with Crippen LogP contribution in [0.2, 0.25) is 0 Å². The Hall–Kier alpha value is -3.08. The first-order chi connectivity index (χ1) is 13.8. The lowest BCUT2D eigenvalue weighted by Gasteiger charge is -2.19. The number of para-hydroxylation sites is 1. The number of aromatic nitrogens is 1. The largest absolute Gasteiger partial charge is 0.417 e. The van der Waals surface area contributed by atoms with Crippen molar-refractivity contribution in [3.05, 3.63) is 82.1 Å². The maximum atomic E-state index is 14.1. The van der Waals surface area contributed by atoms with Gasteiger partial charge in [-0.05, 0) is 34.9 Å².